The van der Waals surface area contributed by atoms with Crippen LogP contribution in [-0.2, 0) is 0 Å². The summed E-state index contributed by atoms with van der Waals surface area (Å²) in [4.78, 5) is 12.8. The van der Waals surface area contributed by atoms with Crippen LogP contribution in [0.5, 0.6) is 0 Å². The van der Waals surface area contributed by atoms with Crippen molar-refractivity contribution in [1.29, 1.82) is 0 Å². The second-order valence-electron chi connectivity index (χ2n) is 2.10. The third kappa shape index (κ3) is 2.29. The summed E-state index contributed by atoms with van der Waals surface area (Å²) in [5, 5.41) is 10.3. The summed E-state index contributed by atoms with van der Waals surface area (Å²) in [6.45, 7) is 0. The third-order valence-corrected chi connectivity index (χ3v) is 1.88. The summed E-state index contributed by atoms with van der Waals surface area (Å²) < 4.78 is 24.7. The van der Waals surface area contributed by atoms with Crippen molar-refractivity contribution in [2.45, 2.75) is 6.43 Å². The van der Waals surface area contributed by atoms with Crippen LogP contribution in [0, 0.1) is 13.8 Å². The van der Waals surface area contributed by atoms with Gasteiger partial charge in [0.1, 0.15) is 5.56 Å². The molecule has 0 unspecified atom stereocenters. The molecule has 0 saturated carbocycles. The Hall–Kier alpha value is -0.860. The van der Waals surface area contributed by atoms with Crippen LogP contribution in [0.25, 0.3) is 0 Å². The van der Waals surface area contributed by atoms with E-state index in [0.717, 1.165) is 6.07 Å². The van der Waals surface area contributed by atoms with E-state index in [1.165, 1.54) is 6.07 Å². The minimum Gasteiger partial charge on any atom is -0.358 e. The molecule has 0 aromatic carbocycles. The zero-order valence-electron chi connectivity index (χ0n) is 6.08. The molecule has 1 aromatic heterocycles. The average molecular weight is 300 g/mol. The van der Waals surface area contributed by atoms with Gasteiger partial charge >= 0.3 is 5.82 Å². The molecule has 0 bridgehead atoms. The second-order valence-corrected chi connectivity index (χ2v) is 3.21. The van der Waals surface area contributed by atoms with Gasteiger partial charge in [0.2, 0.25) is 3.70 Å². The van der Waals surface area contributed by atoms with Crippen molar-refractivity contribution in [3.63, 3.8) is 0 Å². The zero-order chi connectivity index (χ0) is 10.0. The lowest BCUT2D eigenvalue weighted by molar-refractivity contribution is -0.391. The predicted octanol–water partition coefficient (Wildman–Crippen LogP) is 2.53. The van der Waals surface area contributed by atoms with E-state index in [1.807, 2.05) is 0 Å². The van der Waals surface area contributed by atoms with Gasteiger partial charge in [0, 0.05) is 22.6 Å². The Morgan fingerprint density at radius 3 is 2.62 bits per heavy atom. The smallest absolute Gasteiger partial charge is 0.358 e. The molecule has 0 aliphatic carbocycles. The highest BCUT2D eigenvalue weighted by molar-refractivity contribution is 14.1. The molecule has 1 aromatic rings. The number of rotatable bonds is 2. The van der Waals surface area contributed by atoms with Crippen LogP contribution in [-0.4, -0.2) is 9.91 Å². The van der Waals surface area contributed by atoms with Crippen molar-refractivity contribution in [1.82, 2.24) is 4.98 Å². The number of halogens is 3. The Bertz CT molecular complexity index is 345. The van der Waals surface area contributed by atoms with Crippen molar-refractivity contribution in [2.24, 2.45) is 0 Å². The maximum Gasteiger partial charge on any atom is 0.373 e. The molecule has 1 rings (SSSR count). The number of nitrogens with zero attached hydrogens (tertiary/aromatic N) is 2. The molecule has 0 aliphatic rings. The molecule has 70 valence electrons. The van der Waals surface area contributed by atoms with Crippen molar-refractivity contribution in [3.8, 4) is 0 Å². The van der Waals surface area contributed by atoms with E-state index >= 15 is 0 Å². The van der Waals surface area contributed by atoms with E-state index in [-0.39, 0.29) is 0 Å². The molecular weight excluding hydrogens is 297 g/mol. The number of pyridine rings is 1. The first-order valence-electron chi connectivity index (χ1n) is 3.11. The van der Waals surface area contributed by atoms with Crippen molar-refractivity contribution in [3.05, 3.63) is 31.5 Å². The van der Waals surface area contributed by atoms with Gasteiger partial charge in [0.05, 0.1) is 0 Å². The van der Waals surface area contributed by atoms with Gasteiger partial charge in [-0.15, -0.1) is 0 Å². The second kappa shape index (κ2) is 3.90. The molecule has 0 radical (unpaired) electrons. The fourth-order valence-corrected chi connectivity index (χ4v) is 1.16. The Morgan fingerprint density at radius 2 is 2.15 bits per heavy atom. The molecule has 0 amide bonds. The molecule has 7 heteroatoms. The summed E-state index contributed by atoms with van der Waals surface area (Å²) in [6, 6.07) is 2.31. The van der Waals surface area contributed by atoms with Gasteiger partial charge in [0.15, 0.2) is 0 Å². The summed E-state index contributed by atoms with van der Waals surface area (Å²) >= 11 is 1.72. The Balaban J connectivity index is 3.27. The largest absolute Gasteiger partial charge is 0.373 e. The van der Waals surface area contributed by atoms with Crippen LogP contribution in [0.2, 0.25) is 0 Å². The Kier molecular flexibility index (Phi) is 3.07. The first-order valence-corrected chi connectivity index (χ1v) is 4.19. The van der Waals surface area contributed by atoms with Crippen LogP contribution in [0.4, 0.5) is 14.6 Å². The summed E-state index contributed by atoms with van der Waals surface area (Å²) in [5.41, 5.74) is -0.648. The lowest BCUT2D eigenvalue weighted by Crippen LogP contribution is -2.00. The number of nitro groups is 1. The number of hydrogen-bond acceptors (Lipinski definition) is 3. The first-order chi connectivity index (χ1) is 6.02. The molecule has 4 nitrogen and oxygen atoms in total. The van der Waals surface area contributed by atoms with E-state index in [9.17, 15) is 18.9 Å². The lowest BCUT2D eigenvalue weighted by Gasteiger charge is -1.99. The van der Waals surface area contributed by atoms with E-state index in [1.54, 1.807) is 22.6 Å². The molecular formula is C6H3F2IN2O2. The third-order valence-electron chi connectivity index (χ3n) is 1.28. The normalized spacial score (nSPS) is 10.5. The van der Waals surface area contributed by atoms with E-state index in [4.69, 9.17) is 0 Å². The summed E-state index contributed by atoms with van der Waals surface area (Å²) in [5.74, 6) is -0.776. The van der Waals surface area contributed by atoms with Gasteiger partial charge in [0.25, 0.3) is 6.43 Å². The molecule has 0 atom stereocenters. The Morgan fingerprint density at radius 1 is 1.54 bits per heavy atom. The van der Waals surface area contributed by atoms with Gasteiger partial charge < -0.3 is 10.1 Å². The maximum atomic E-state index is 12.2. The van der Waals surface area contributed by atoms with Crippen LogP contribution in [0.15, 0.2) is 12.1 Å². The standard InChI is InChI=1S/C6H3F2IN2O2/c7-5(8)3-1-2-4(9)10-6(3)11(12)13/h1-2,5H. The molecule has 0 saturated heterocycles. The van der Waals surface area contributed by atoms with Gasteiger partial charge in [-0.1, -0.05) is 0 Å². The number of hydrogen-bond donors (Lipinski definition) is 0. The number of alkyl halides is 2. The molecule has 1 heterocycles. The van der Waals surface area contributed by atoms with E-state index in [0.29, 0.717) is 3.70 Å². The summed E-state index contributed by atoms with van der Waals surface area (Å²) in [6.07, 6.45) is -2.87. The highest BCUT2D eigenvalue weighted by Gasteiger charge is 2.23. The number of aromatic nitrogens is 1. The topological polar surface area (TPSA) is 56.0 Å². The highest BCUT2D eigenvalue weighted by atomic mass is 127. The predicted molar refractivity (Wildman–Crippen MR) is 48.6 cm³/mol. The monoisotopic (exact) mass is 300 g/mol. The minimum atomic E-state index is -2.87. The van der Waals surface area contributed by atoms with Gasteiger partial charge in [-0.3, -0.25) is 0 Å². The van der Waals surface area contributed by atoms with Crippen LogP contribution in [0.1, 0.15) is 12.0 Å². The van der Waals surface area contributed by atoms with Gasteiger partial charge in [-0.2, -0.15) is 0 Å². The molecule has 13 heavy (non-hydrogen) atoms. The lowest BCUT2D eigenvalue weighted by atomic mass is 10.3. The van der Waals surface area contributed by atoms with Crippen LogP contribution < -0.4 is 0 Å². The molecule has 0 aliphatic heterocycles. The van der Waals surface area contributed by atoms with Crippen molar-refractivity contribution < 1.29 is 13.7 Å². The molecule has 0 fully saturated rings. The zero-order valence-corrected chi connectivity index (χ0v) is 8.23. The fraction of sp³-hybridized carbons (Fsp3) is 0.167. The van der Waals surface area contributed by atoms with E-state index < -0.39 is 22.7 Å². The first kappa shape index (κ1) is 10.2. The van der Waals surface area contributed by atoms with Crippen molar-refractivity contribution >= 4 is 28.4 Å². The summed E-state index contributed by atoms with van der Waals surface area (Å²) in [7, 11) is 0. The van der Waals surface area contributed by atoms with Gasteiger partial charge in [-0.05, 0) is 22.0 Å². The van der Waals surface area contributed by atoms with Crippen LogP contribution >= 0.6 is 22.6 Å². The van der Waals surface area contributed by atoms with Gasteiger partial charge in [-0.25, -0.2) is 8.78 Å². The maximum absolute atomic E-state index is 12.2. The SMILES string of the molecule is O=[N+]([O-])c1nc(I)ccc1C(F)F. The fourth-order valence-electron chi connectivity index (χ4n) is 0.753. The van der Waals surface area contributed by atoms with Crippen LogP contribution in [0.3, 0.4) is 0 Å². The minimum absolute atomic E-state index is 0.314. The molecule has 0 spiro atoms. The van der Waals surface area contributed by atoms with E-state index in [2.05, 4.69) is 4.98 Å². The van der Waals surface area contributed by atoms with Crippen molar-refractivity contribution in [2.75, 3.05) is 0 Å². The quantitative estimate of drug-likeness (QED) is 0.365. The molecule has 0 N–H and O–H groups in total. The highest BCUT2D eigenvalue weighted by Crippen LogP contribution is 2.27. The average Bonchev–Trinajstić information content (AvgIpc) is 2.03. The Labute approximate surface area is 85.3 Å².